The van der Waals surface area contributed by atoms with Gasteiger partial charge in [-0.1, -0.05) is 63.9 Å². The number of rotatable bonds is 6. The number of carbonyl (C=O) groups excluding carboxylic acids is 1. The number of anilines is 1. The topological polar surface area (TPSA) is 66.5 Å². The first-order valence-electron chi connectivity index (χ1n) is 10.9. The van der Waals surface area contributed by atoms with Crippen LogP contribution >= 0.6 is 11.6 Å². The lowest BCUT2D eigenvalue weighted by molar-refractivity contribution is 0.102. The zero-order valence-corrected chi connectivity index (χ0v) is 20.2. The monoisotopic (exact) mass is 462 g/mol. The molecule has 5 nitrogen and oxygen atoms in total. The van der Waals surface area contributed by atoms with Crippen molar-refractivity contribution >= 4 is 33.2 Å². The van der Waals surface area contributed by atoms with Gasteiger partial charge in [-0.2, -0.15) is 4.31 Å². The van der Waals surface area contributed by atoms with Gasteiger partial charge in [-0.25, -0.2) is 8.42 Å². The molecule has 3 rings (SSSR count). The molecule has 0 aromatic heterocycles. The summed E-state index contributed by atoms with van der Waals surface area (Å²) in [4.78, 5) is 13.3. The van der Waals surface area contributed by atoms with E-state index in [4.69, 9.17) is 11.6 Å². The molecule has 1 N–H and O–H groups in total. The van der Waals surface area contributed by atoms with Crippen LogP contribution < -0.4 is 5.32 Å². The fourth-order valence-corrected chi connectivity index (χ4v) is 5.72. The molecule has 31 heavy (non-hydrogen) atoms. The van der Waals surface area contributed by atoms with E-state index < -0.39 is 15.9 Å². The molecule has 0 aliphatic carbocycles. The number of hydrogen-bond donors (Lipinski definition) is 1. The zero-order valence-electron chi connectivity index (χ0n) is 18.6. The minimum absolute atomic E-state index is 0.102. The van der Waals surface area contributed by atoms with Gasteiger partial charge in [0.25, 0.3) is 5.91 Å². The molecule has 0 saturated carbocycles. The van der Waals surface area contributed by atoms with Gasteiger partial charge in [-0.3, -0.25) is 4.79 Å². The summed E-state index contributed by atoms with van der Waals surface area (Å²) in [6.07, 6.45) is 2.74. The van der Waals surface area contributed by atoms with Gasteiger partial charge in [0, 0.05) is 18.8 Å². The number of halogens is 1. The Hall–Kier alpha value is -1.89. The number of nitrogens with one attached hydrogen (secondary N) is 1. The number of sulfonamides is 1. The quantitative estimate of drug-likeness (QED) is 0.571. The Morgan fingerprint density at radius 2 is 1.55 bits per heavy atom. The average Bonchev–Trinajstić information content (AvgIpc) is 2.74. The Labute approximate surface area is 190 Å². The van der Waals surface area contributed by atoms with Crippen molar-refractivity contribution in [1.29, 1.82) is 0 Å². The highest BCUT2D eigenvalue weighted by Gasteiger charge is 2.27. The molecule has 0 bridgehead atoms. The molecule has 2 aromatic rings. The van der Waals surface area contributed by atoms with E-state index in [1.54, 1.807) is 0 Å². The van der Waals surface area contributed by atoms with Crippen LogP contribution in [0.15, 0.2) is 41.3 Å². The Balaban J connectivity index is 1.98. The van der Waals surface area contributed by atoms with E-state index in [9.17, 15) is 13.2 Å². The molecule has 1 aliphatic heterocycles. The number of amides is 1. The molecule has 1 fully saturated rings. The second kappa shape index (κ2) is 9.72. The third-order valence-corrected chi connectivity index (χ3v) is 7.97. The summed E-state index contributed by atoms with van der Waals surface area (Å²) < 4.78 is 27.6. The molecule has 1 aliphatic rings. The van der Waals surface area contributed by atoms with Gasteiger partial charge in [-0.15, -0.1) is 0 Å². The van der Waals surface area contributed by atoms with Crippen molar-refractivity contribution in [2.75, 3.05) is 18.4 Å². The number of benzene rings is 2. The van der Waals surface area contributed by atoms with Gasteiger partial charge in [0.15, 0.2) is 0 Å². The summed E-state index contributed by atoms with van der Waals surface area (Å²) in [5.41, 5.74) is 3.01. The van der Waals surface area contributed by atoms with E-state index in [2.05, 4.69) is 33.0 Å². The second-order valence-corrected chi connectivity index (χ2v) is 11.0. The molecule has 168 valence electrons. The number of hydrogen-bond acceptors (Lipinski definition) is 3. The minimum Gasteiger partial charge on any atom is -0.321 e. The fourth-order valence-electron chi connectivity index (χ4n) is 3.97. The van der Waals surface area contributed by atoms with Crippen LogP contribution in [0.25, 0.3) is 0 Å². The van der Waals surface area contributed by atoms with Gasteiger partial charge in [0.1, 0.15) is 0 Å². The molecule has 0 unspecified atom stereocenters. The van der Waals surface area contributed by atoms with Gasteiger partial charge >= 0.3 is 0 Å². The highest BCUT2D eigenvalue weighted by Crippen LogP contribution is 2.33. The first-order valence-corrected chi connectivity index (χ1v) is 12.7. The minimum atomic E-state index is -3.66. The van der Waals surface area contributed by atoms with E-state index >= 15 is 0 Å². The van der Waals surface area contributed by atoms with Crippen molar-refractivity contribution in [2.24, 2.45) is 0 Å². The van der Waals surface area contributed by atoms with E-state index in [0.717, 1.165) is 36.1 Å². The highest BCUT2D eigenvalue weighted by molar-refractivity contribution is 7.89. The third-order valence-electron chi connectivity index (χ3n) is 5.75. The lowest BCUT2D eigenvalue weighted by Gasteiger charge is -2.26. The summed E-state index contributed by atoms with van der Waals surface area (Å²) in [7, 11) is -3.66. The van der Waals surface area contributed by atoms with Crippen molar-refractivity contribution in [3.8, 4) is 0 Å². The van der Waals surface area contributed by atoms with Gasteiger partial charge in [0.05, 0.1) is 15.5 Å². The Kier molecular flexibility index (Phi) is 7.45. The molecular formula is C24H31ClN2O3S. The Morgan fingerprint density at radius 1 is 0.968 bits per heavy atom. The summed E-state index contributed by atoms with van der Waals surface area (Å²) >= 11 is 6.33. The summed E-state index contributed by atoms with van der Waals surface area (Å²) in [6, 6.07) is 10.4. The van der Waals surface area contributed by atoms with Crippen molar-refractivity contribution < 1.29 is 13.2 Å². The van der Waals surface area contributed by atoms with Crippen LogP contribution in [0.3, 0.4) is 0 Å². The predicted molar refractivity (Wildman–Crippen MR) is 127 cm³/mol. The molecule has 1 heterocycles. The van der Waals surface area contributed by atoms with Gasteiger partial charge in [0.2, 0.25) is 10.0 Å². The van der Waals surface area contributed by atoms with Crippen LogP contribution in [0, 0.1) is 0 Å². The van der Waals surface area contributed by atoms with E-state index in [-0.39, 0.29) is 27.3 Å². The molecule has 0 atom stereocenters. The highest BCUT2D eigenvalue weighted by atomic mass is 35.5. The number of para-hydroxylation sites is 1. The van der Waals surface area contributed by atoms with Crippen LogP contribution in [-0.4, -0.2) is 31.7 Å². The number of piperidine rings is 1. The van der Waals surface area contributed by atoms with Gasteiger partial charge < -0.3 is 5.32 Å². The molecular weight excluding hydrogens is 432 g/mol. The van der Waals surface area contributed by atoms with Crippen LogP contribution in [-0.2, 0) is 10.0 Å². The maximum absolute atomic E-state index is 13.2. The Morgan fingerprint density at radius 3 is 2.10 bits per heavy atom. The van der Waals surface area contributed by atoms with Crippen LogP contribution in [0.1, 0.15) is 80.3 Å². The van der Waals surface area contributed by atoms with Crippen LogP contribution in [0.4, 0.5) is 5.69 Å². The summed E-state index contributed by atoms with van der Waals surface area (Å²) in [5.74, 6) is 0.0289. The second-order valence-electron chi connectivity index (χ2n) is 8.68. The largest absolute Gasteiger partial charge is 0.321 e. The molecule has 0 radical (unpaired) electrons. The average molecular weight is 463 g/mol. The molecule has 1 amide bonds. The Bertz CT molecular complexity index is 1030. The van der Waals surface area contributed by atoms with E-state index in [1.165, 1.54) is 22.5 Å². The lowest BCUT2D eigenvalue weighted by atomic mass is 9.92. The van der Waals surface area contributed by atoms with Gasteiger partial charge in [-0.05, 0) is 54.0 Å². The maximum Gasteiger partial charge on any atom is 0.257 e. The van der Waals surface area contributed by atoms with Crippen molar-refractivity contribution in [1.82, 2.24) is 4.31 Å². The maximum atomic E-state index is 13.2. The predicted octanol–water partition coefficient (Wildman–Crippen LogP) is 6.01. The van der Waals surface area contributed by atoms with Crippen molar-refractivity contribution in [2.45, 2.75) is 63.7 Å². The SMILES string of the molecule is CC(C)c1cccc(C(C)C)c1NC(=O)c1cc(S(=O)(=O)N2CCCCC2)ccc1Cl. The van der Waals surface area contributed by atoms with Crippen molar-refractivity contribution in [3.05, 3.63) is 58.1 Å². The normalized spacial score (nSPS) is 15.5. The number of carbonyl (C=O) groups is 1. The van der Waals surface area contributed by atoms with E-state index in [1.807, 2.05) is 18.2 Å². The van der Waals surface area contributed by atoms with Crippen molar-refractivity contribution in [3.63, 3.8) is 0 Å². The standard InChI is InChI=1S/C24H31ClN2O3S/c1-16(2)19-9-8-10-20(17(3)4)23(19)26-24(28)21-15-18(11-12-22(21)25)31(29,30)27-13-6-5-7-14-27/h8-12,15-17H,5-7,13-14H2,1-4H3,(H,26,28). The number of nitrogens with zero attached hydrogens (tertiary/aromatic N) is 1. The van der Waals surface area contributed by atoms with E-state index in [0.29, 0.717) is 13.1 Å². The first-order chi connectivity index (χ1) is 14.6. The van der Waals surface area contributed by atoms with Crippen LogP contribution in [0.5, 0.6) is 0 Å². The summed E-state index contributed by atoms with van der Waals surface area (Å²) in [6.45, 7) is 9.32. The first kappa shape index (κ1) is 23.8. The molecule has 7 heteroatoms. The molecule has 0 spiro atoms. The smallest absolute Gasteiger partial charge is 0.257 e. The zero-order chi connectivity index (χ0) is 22.8. The fraction of sp³-hybridized carbons (Fsp3) is 0.458. The third kappa shape index (κ3) is 5.13. The lowest BCUT2D eigenvalue weighted by Crippen LogP contribution is -2.35. The summed E-state index contributed by atoms with van der Waals surface area (Å²) in [5, 5.41) is 3.25. The molecule has 2 aromatic carbocycles. The molecule has 1 saturated heterocycles. The van der Waals surface area contributed by atoms with Crippen LogP contribution in [0.2, 0.25) is 5.02 Å².